The quantitative estimate of drug-likeness (QED) is 0.666. The molecule has 86 valence electrons. The van der Waals surface area contributed by atoms with E-state index in [1.807, 2.05) is 30.5 Å². The normalized spacial score (nSPS) is 10.6. The van der Waals surface area contributed by atoms with Crippen LogP contribution < -0.4 is 5.43 Å². The van der Waals surface area contributed by atoms with Crippen molar-refractivity contribution in [2.75, 3.05) is 0 Å². The highest BCUT2D eigenvalue weighted by Gasteiger charge is 2.01. The van der Waals surface area contributed by atoms with Gasteiger partial charge >= 0.3 is 0 Å². The van der Waals surface area contributed by atoms with Crippen LogP contribution in [0.1, 0.15) is 21.1 Å². The van der Waals surface area contributed by atoms with Crippen LogP contribution in [-0.2, 0) is 0 Å². The van der Waals surface area contributed by atoms with Crippen molar-refractivity contribution in [2.24, 2.45) is 5.10 Å². The van der Waals surface area contributed by atoms with Crippen LogP contribution in [0, 0.1) is 6.92 Å². The van der Waals surface area contributed by atoms with Gasteiger partial charge in [-0.05, 0) is 19.1 Å². The number of aryl methyl sites for hydroxylation is 1. The number of benzene rings is 1. The van der Waals surface area contributed by atoms with Gasteiger partial charge < -0.3 is 0 Å². The highest BCUT2D eigenvalue weighted by molar-refractivity contribution is 7.09. The molecule has 1 aromatic carbocycles. The molecule has 0 saturated heterocycles. The molecule has 0 aliphatic rings. The van der Waals surface area contributed by atoms with Gasteiger partial charge in [0.2, 0.25) is 0 Å². The molecule has 0 bridgehead atoms. The molecule has 0 fully saturated rings. The zero-order chi connectivity index (χ0) is 12.1. The van der Waals surface area contributed by atoms with Crippen molar-refractivity contribution in [1.82, 2.24) is 10.4 Å². The fraction of sp³-hybridized carbons (Fsp3) is 0.0833. The fourth-order valence-electron chi connectivity index (χ4n) is 1.25. The smallest absolute Gasteiger partial charge is 0.267 e. The highest BCUT2D eigenvalue weighted by Crippen LogP contribution is 2.05. The van der Waals surface area contributed by atoms with E-state index in [1.54, 1.807) is 23.5 Å². The minimum atomic E-state index is -0.228. The van der Waals surface area contributed by atoms with E-state index >= 15 is 0 Å². The van der Waals surface area contributed by atoms with Crippen LogP contribution in [0.2, 0.25) is 0 Å². The number of thiazole rings is 1. The number of aromatic nitrogens is 1. The lowest BCUT2D eigenvalue weighted by atomic mass is 10.2. The number of hydrogen-bond donors (Lipinski definition) is 1. The average molecular weight is 245 g/mol. The van der Waals surface area contributed by atoms with Gasteiger partial charge in [0, 0.05) is 10.9 Å². The second-order valence-electron chi connectivity index (χ2n) is 3.36. The monoisotopic (exact) mass is 245 g/mol. The third kappa shape index (κ3) is 3.22. The van der Waals surface area contributed by atoms with Crippen molar-refractivity contribution in [3.63, 3.8) is 0 Å². The maximum atomic E-state index is 11.6. The summed E-state index contributed by atoms with van der Waals surface area (Å²) in [4.78, 5) is 15.8. The molecule has 0 radical (unpaired) electrons. The molecule has 2 aromatic rings. The van der Waals surface area contributed by atoms with Crippen molar-refractivity contribution in [3.8, 4) is 0 Å². The van der Waals surface area contributed by atoms with E-state index in [-0.39, 0.29) is 5.91 Å². The first-order chi connectivity index (χ1) is 8.25. The number of nitrogens with zero attached hydrogens (tertiary/aromatic N) is 2. The van der Waals surface area contributed by atoms with Gasteiger partial charge in [-0.25, -0.2) is 10.4 Å². The summed E-state index contributed by atoms with van der Waals surface area (Å²) in [5.74, 6) is -0.228. The molecule has 1 amide bonds. The number of hydrazone groups is 1. The molecule has 0 atom stereocenters. The number of carbonyl (C=O) groups excluding carboxylic acids is 1. The molecule has 5 heteroatoms. The van der Waals surface area contributed by atoms with Crippen molar-refractivity contribution >= 4 is 23.5 Å². The minimum Gasteiger partial charge on any atom is -0.267 e. The first-order valence-corrected chi connectivity index (χ1v) is 5.94. The van der Waals surface area contributed by atoms with Gasteiger partial charge in [-0.2, -0.15) is 5.10 Å². The van der Waals surface area contributed by atoms with Crippen LogP contribution in [-0.4, -0.2) is 17.1 Å². The molecular formula is C12H11N3OS. The van der Waals surface area contributed by atoms with Crippen LogP contribution in [0.15, 0.2) is 40.8 Å². The maximum Gasteiger partial charge on any atom is 0.271 e. The van der Waals surface area contributed by atoms with Gasteiger partial charge in [0.1, 0.15) is 0 Å². The lowest BCUT2D eigenvalue weighted by Crippen LogP contribution is -2.17. The van der Waals surface area contributed by atoms with E-state index in [0.717, 1.165) is 10.7 Å². The highest BCUT2D eigenvalue weighted by atomic mass is 32.1. The number of carbonyl (C=O) groups is 1. The van der Waals surface area contributed by atoms with Crippen molar-refractivity contribution in [1.29, 1.82) is 0 Å². The third-order valence-electron chi connectivity index (χ3n) is 2.04. The van der Waals surface area contributed by atoms with Gasteiger partial charge in [0.15, 0.2) is 0 Å². The van der Waals surface area contributed by atoms with E-state index in [9.17, 15) is 4.79 Å². The molecule has 0 spiro atoms. The Labute approximate surface area is 103 Å². The summed E-state index contributed by atoms with van der Waals surface area (Å²) in [7, 11) is 0. The van der Waals surface area contributed by atoms with E-state index in [1.165, 1.54) is 6.21 Å². The zero-order valence-corrected chi connectivity index (χ0v) is 10.1. The summed E-state index contributed by atoms with van der Waals surface area (Å²) in [6.07, 6.45) is 1.53. The zero-order valence-electron chi connectivity index (χ0n) is 9.25. The second kappa shape index (κ2) is 5.36. The molecule has 4 nitrogen and oxygen atoms in total. The van der Waals surface area contributed by atoms with Gasteiger partial charge in [-0.1, -0.05) is 18.2 Å². The summed E-state index contributed by atoms with van der Waals surface area (Å²) < 4.78 is 0. The lowest BCUT2D eigenvalue weighted by Gasteiger charge is -1.97. The lowest BCUT2D eigenvalue weighted by molar-refractivity contribution is 0.0955. The number of nitrogens with one attached hydrogen (secondary N) is 1. The molecular weight excluding hydrogens is 234 g/mol. The molecule has 0 unspecified atom stereocenters. The SMILES string of the molecule is Cc1nc(/C=N\NC(=O)c2ccccc2)cs1. The van der Waals surface area contributed by atoms with Gasteiger partial charge in [0.05, 0.1) is 16.9 Å². The first kappa shape index (κ1) is 11.5. The number of amides is 1. The van der Waals surface area contributed by atoms with Crippen molar-refractivity contribution < 1.29 is 4.79 Å². The Bertz CT molecular complexity index is 534. The summed E-state index contributed by atoms with van der Waals surface area (Å²) in [5.41, 5.74) is 3.79. The minimum absolute atomic E-state index is 0.228. The van der Waals surface area contributed by atoms with Crippen LogP contribution in [0.3, 0.4) is 0 Å². The predicted molar refractivity (Wildman–Crippen MR) is 68.4 cm³/mol. The van der Waals surface area contributed by atoms with Crippen LogP contribution in [0.25, 0.3) is 0 Å². The van der Waals surface area contributed by atoms with E-state index in [4.69, 9.17) is 0 Å². The topological polar surface area (TPSA) is 54.4 Å². The summed E-state index contributed by atoms with van der Waals surface area (Å²) in [6, 6.07) is 8.94. The summed E-state index contributed by atoms with van der Waals surface area (Å²) in [6.45, 7) is 1.92. The van der Waals surface area contributed by atoms with Gasteiger partial charge in [-0.3, -0.25) is 4.79 Å². The van der Waals surface area contributed by atoms with Crippen LogP contribution >= 0.6 is 11.3 Å². The van der Waals surface area contributed by atoms with Crippen molar-refractivity contribution in [3.05, 3.63) is 52.0 Å². The molecule has 0 aliphatic heterocycles. The molecule has 2 rings (SSSR count). The Morgan fingerprint density at radius 2 is 2.18 bits per heavy atom. The number of hydrogen-bond acceptors (Lipinski definition) is 4. The average Bonchev–Trinajstić information content (AvgIpc) is 2.76. The second-order valence-corrected chi connectivity index (χ2v) is 4.42. The Kier molecular flexibility index (Phi) is 3.62. The molecule has 0 aliphatic carbocycles. The Morgan fingerprint density at radius 3 is 2.82 bits per heavy atom. The maximum absolute atomic E-state index is 11.6. The predicted octanol–water partition coefficient (Wildman–Crippen LogP) is 2.22. The summed E-state index contributed by atoms with van der Waals surface area (Å²) >= 11 is 1.54. The van der Waals surface area contributed by atoms with Crippen LogP contribution in [0.5, 0.6) is 0 Å². The van der Waals surface area contributed by atoms with Crippen LogP contribution in [0.4, 0.5) is 0 Å². The van der Waals surface area contributed by atoms with E-state index in [2.05, 4.69) is 15.5 Å². The summed E-state index contributed by atoms with van der Waals surface area (Å²) in [5, 5.41) is 6.71. The fourth-order valence-corrected chi connectivity index (χ4v) is 1.81. The van der Waals surface area contributed by atoms with Crippen molar-refractivity contribution in [2.45, 2.75) is 6.92 Å². The Morgan fingerprint density at radius 1 is 1.41 bits per heavy atom. The molecule has 1 heterocycles. The van der Waals surface area contributed by atoms with E-state index in [0.29, 0.717) is 5.56 Å². The Balaban J connectivity index is 1.95. The largest absolute Gasteiger partial charge is 0.271 e. The number of rotatable bonds is 3. The van der Waals surface area contributed by atoms with Gasteiger partial charge in [0.25, 0.3) is 5.91 Å². The Hall–Kier alpha value is -2.01. The molecule has 1 N–H and O–H groups in total. The molecule has 1 aromatic heterocycles. The standard InChI is InChI=1S/C12H11N3OS/c1-9-14-11(8-17-9)7-13-15-12(16)10-5-3-2-4-6-10/h2-8H,1H3,(H,15,16)/b13-7-. The third-order valence-corrected chi connectivity index (χ3v) is 2.83. The first-order valence-electron chi connectivity index (χ1n) is 5.06. The van der Waals surface area contributed by atoms with Gasteiger partial charge in [-0.15, -0.1) is 11.3 Å². The van der Waals surface area contributed by atoms with E-state index < -0.39 is 0 Å². The molecule has 0 saturated carbocycles. The molecule has 17 heavy (non-hydrogen) atoms.